The molecule has 5 nitrogen and oxygen atoms in total. The number of benzene rings is 1. The Kier molecular flexibility index (Phi) is 5.59. The normalized spacial score (nSPS) is 11.8. The molecule has 0 aliphatic rings. The SMILES string of the molecule is Cc1cncc(C(=O)NCC(O)COc2ccc(F)c(F)c2)c1. The minimum Gasteiger partial charge on any atom is -0.491 e. The zero-order chi connectivity index (χ0) is 16.8. The predicted octanol–water partition coefficient (Wildman–Crippen LogP) is 1.84. The third-order valence-electron chi connectivity index (χ3n) is 2.97. The van der Waals surface area contributed by atoms with E-state index >= 15 is 0 Å². The summed E-state index contributed by atoms with van der Waals surface area (Å²) in [5, 5.41) is 12.3. The molecule has 1 amide bonds. The molecule has 1 atom stereocenters. The zero-order valence-electron chi connectivity index (χ0n) is 12.4. The van der Waals surface area contributed by atoms with E-state index < -0.39 is 17.7 Å². The van der Waals surface area contributed by atoms with E-state index in [1.54, 1.807) is 12.3 Å². The van der Waals surface area contributed by atoms with Gasteiger partial charge in [0, 0.05) is 25.0 Å². The fourth-order valence-electron chi connectivity index (χ4n) is 1.81. The van der Waals surface area contributed by atoms with Crippen molar-refractivity contribution in [2.45, 2.75) is 13.0 Å². The lowest BCUT2D eigenvalue weighted by Crippen LogP contribution is -2.35. The second kappa shape index (κ2) is 7.64. The summed E-state index contributed by atoms with van der Waals surface area (Å²) in [6.45, 7) is 1.60. The first-order valence-corrected chi connectivity index (χ1v) is 6.91. The Morgan fingerprint density at radius 2 is 2.09 bits per heavy atom. The molecule has 1 aromatic carbocycles. The van der Waals surface area contributed by atoms with Gasteiger partial charge in [-0.05, 0) is 30.7 Å². The van der Waals surface area contributed by atoms with Crippen LogP contribution in [-0.4, -0.2) is 35.3 Å². The Balaban J connectivity index is 1.79. The summed E-state index contributed by atoms with van der Waals surface area (Å²) in [5.41, 5.74) is 1.23. The van der Waals surface area contributed by atoms with Gasteiger partial charge in [0.25, 0.3) is 5.91 Å². The standard InChI is InChI=1S/C16H16F2N2O3/c1-10-4-11(7-19-6-10)16(22)20-8-12(21)9-23-13-2-3-14(17)15(18)5-13/h2-7,12,21H,8-9H2,1H3,(H,20,22). The third kappa shape index (κ3) is 5.00. The van der Waals surface area contributed by atoms with Crippen LogP contribution in [-0.2, 0) is 0 Å². The minimum atomic E-state index is -1.03. The van der Waals surface area contributed by atoms with Crippen molar-refractivity contribution in [3.8, 4) is 5.75 Å². The Morgan fingerprint density at radius 3 is 2.78 bits per heavy atom. The van der Waals surface area contributed by atoms with E-state index in [1.807, 2.05) is 6.92 Å². The van der Waals surface area contributed by atoms with Gasteiger partial charge in [0.2, 0.25) is 0 Å². The van der Waals surface area contributed by atoms with Crippen LogP contribution in [0.2, 0.25) is 0 Å². The maximum atomic E-state index is 13.0. The first kappa shape index (κ1) is 16.8. The molecule has 0 aliphatic heterocycles. The van der Waals surface area contributed by atoms with Crippen molar-refractivity contribution in [3.63, 3.8) is 0 Å². The average Bonchev–Trinajstić information content (AvgIpc) is 2.53. The van der Waals surface area contributed by atoms with Crippen LogP contribution in [0.3, 0.4) is 0 Å². The highest BCUT2D eigenvalue weighted by Gasteiger charge is 2.11. The van der Waals surface area contributed by atoms with E-state index in [-0.39, 0.29) is 24.8 Å². The van der Waals surface area contributed by atoms with E-state index in [0.29, 0.717) is 5.56 Å². The van der Waals surface area contributed by atoms with Crippen LogP contribution in [0, 0.1) is 18.6 Å². The molecule has 0 saturated carbocycles. The monoisotopic (exact) mass is 322 g/mol. The van der Waals surface area contributed by atoms with E-state index in [4.69, 9.17) is 4.74 Å². The number of aromatic nitrogens is 1. The van der Waals surface area contributed by atoms with Crippen LogP contribution < -0.4 is 10.1 Å². The van der Waals surface area contributed by atoms with E-state index in [2.05, 4.69) is 10.3 Å². The molecule has 0 bridgehead atoms. The van der Waals surface area contributed by atoms with E-state index in [1.165, 1.54) is 12.3 Å². The first-order valence-electron chi connectivity index (χ1n) is 6.91. The highest BCUT2D eigenvalue weighted by Crippen LogP contribution is 2.15. The molecule has 0 spiro atoms. The molecule has 7 heteroatoms. The third-order valence-corrected chi connectivity index (χ3v) is 2.97. The number of nitrogens with one attached hydrogen (secondary N) is 1. The number of nitrogens with zero attached hydrogens (tertiary/aromatic N) is 1. The summed E-state index contributed by atoms with van der Waals surface area (Å²) in [6.07, 6.45) is 2.05. The number of aliphatic hydroxyl groups is 1. The van der Waals surface area contributed by atoms with Crippen molar-refractivity contribution >= 4 is 5.91 Å². The zero-order valence-corrected chi connectivity index (χ0v) is 12.4. The number of amides is 1. The molecule has 0 saturated heterocycles. The van der Waals surface area contributed by atoms with Crippen molar-refractivity contribution in [1.29, 1.82) is 0 Å². The molecule has 1 unspecified atom stereocenters. The van der Waals surface area contributed by atoms with Gasteiger partial charge in [0.15, 0.2) is 11.6 Å². The van der Waals surface area contributed by atoms with Crippen LogP contribution in [0.1, 0.15) is 15.9 Å². The Bertz CT molecular complexity index is 695. The number of aliphatic hydroxyl groups excluding tert-OH is 1. The van der Waals surface area contributed by atoms with Gasteiger partial charge in [-0.3, -0.25) is 9.78 Å². The van der Waals surface area contributed by atoms with Gasteiger partial charge in [-0.15, -0.1) is 0 Å². The first-order chi connectivity index (χ1) is 11.0. The van der Waals surface area contributed by atoms with Gasteiger partial charge in [0.05, 0.1) is 5.56 Å². The van der Waals surface area contributed by atoms with Crippen LogP contribution in [0.15, 0.2) is 36.7 Å². The van der Waals surface area contributed by atoms with Crippen molar-refractivity contribution in [2.24, 2.45) is 0 Å². The summed E-state index contributed by atoms with van der Waals surface area (Å²) < 4.78 is 30.9. The largest absolute Gasteiger partial charge is 0.491 e. The number of aryl methyl sites for hydroxylation is 1. The maximum Gasteiger partial charge on any atom is 0.252 e. The van der Waals surface area contributed by atoms with Crippen LogP contribution in [0.25, 0.3) is 0 Å². The summed E-state index contributed by atoms with van der Waals surface area (Å²) in [5.74, 6) is -2.28. The summed E-state index contributed by atoms with van der Waals surface area (Å²) in [4.78, 5) is 15.8. The maximum absolute atomic E-state index is 13.0. The molecule has 1 aromatic heterocycles. The topological polar surface area (TPSA) is 71.5 Å². The number of ether oxygens (including phenoxy) is 1. The number of halogens is 2. The minimum absolute atomic E-state index is 0.0452. The van der Waals surface area contributed by atoms with Gasteiger partial charge < -0.3 is 15.2 Å². The van der Waals surface area contributed by atoms with Crippen molar-refractivity contribution in [2.75, 3.05) is 13.2 Å². The highest BCUT2D eigenvalue weighted by molar-refractivity contribution is 5.93. The lowest BCUT2D eigenvalue weighted by atomic mass is 10.2. The van der Waals surface area contributed by atoms with Gasteiger partial charge in [-0.25, -0.2) is 8.78 Å². The number of hydrogen-bond acceptors (Lipinski definition) is 4. The summed E-state index contributed by atoms with van der Waals surface area (Å²) in [6, 6.07) is 4.75. The molecule has 23 heavy (non-hydrogen) atoms. The Hall–Kier alpha value is -2.54. The summed E-state index contributed by atoms with van der Waals surface area (Å²) >= 11 is 0. The lowest BCUT2D eigenvalue weighted by Gasteiger charge is -2.13. The predicted molar refractivity (Wildman–Crippen MR) is 79.2 cm³/mol. The van der Waals surface area contributed by atoms with Gasteiger partial charge in [-0.2, -0.15) is 0 Å². The fraction of sp³-hybridized carbons (Fsp3) is 0.250. The molecule has 0 aliphatic carbocycles. The lowest BCUT2D eigenvalue weighted by molar-refractivity contribution is 0.0842. The van der Waals surface area contributed by atoms with Gasteiger partial charge >= 0.3 is 0 Å². The molecular weight excluding hydrogens is 306 g/mol. The van der Waals surface area contributed by atoms with Crippen LogP contribution >= 0.6 is 0 Å². The van der Waals surface area contributed by atoms with Crippen molar-refractivity contribution in [1.82, 2.24) is 10.3 Å². The number of carbonyl (C=O) groups excluding carboxylic acids is 1. The van der Waals surface area contributed by atoms with Crippen LogP contribution in [0.5, 0.6) is 5.75 Å². The number of pyridine rings is 1. The van der Waals surface area contributed by atoms with Gasteiger partial charge in [0.1, 0.15) is 18.5 Å². The van der Waals surface area contributed by atoms with Gasteiger partial charge in [-0.1, -0.05) is 0 Å². The second-order valence-corrected chi connectivity index (χ2v) is 5.00. The molecule has 2 rings (SSSR count). The summed E-state index contributed by atoms with van der Waals surface area (Å²) in [7, 11) is 0. The molecule has 0 radical (unpaired) electrons. The Morgan fingerprint density at radius 1 is 1.30 bits per heavy atom. The second-order valence-electron chi connectivity index (χ2n) is 5.00. The molecule has 0 fully saturated rings. The highest BCUT2D eigenvalue weighted by atomic mass is 19.2. The molecule has 2 N–H and O–H groups in total. The number of rotatable bonds is 6. The fourth-order valence-corrected chi connectivity index (χ4v) is 1.81. The molecule has 122 valence electrons. The number of hydrogen-bond donors (Lipinski definition) is 2. The number of carbonyl (C=O) groups is 1. The molecular formula is C16H16F2N2O3. The van der Waals surface area contributed by atoms with E-state index in [9.17, 15) is 18.7 Å². The Labute approximate surface area is 131 Å². The molecule has 1 heterocycles. The quantitative estimate of drug-likeness (QED) is 0.851. The molecule has 2 aromatic rings. The van der Waals surface area contributed by atoms with E-state index in [0.717, 1.165) is 17.7 Å². The van der Waals surface area contributed by atoms with Crippen LogP contribution in [0.4, 0.5) is 8.78 Å². The smallest absolute Gasteiger partial charge is 0.252 e. The van der Waals surface area contributed by atoms with Crippen molar-refractivity contribution in [3.05, 3.63) is 59.4 Å². The average molecular weight is 322 g/mol. The van der Waals surface area contributed by atoms with Crippen molar-refractivity contribution < 1.29 is 23.4 Å².